The number of nitrogens with one attached hydrogen (secondary N) is 1. The lowest BCUT2D eigenvalue weighted by Crippen LogP contribution is -2.22. The van der Waals surface area contributed by atoms with Crippen LogP contribution < -0.4 is 14.8 Å². The second-order valence-corrected chi connectivity index (χ2v) is 7.01. The third kappa shape index (κ3) is 3.62. The van der Waals surface area contributed by atoms with E-state index >= 15 is 0 Å². The summed E-state index contributed by atoms with van der Waals surface area (Å²) in [7, 11) is 3.29. The van der Waals surface area contributed by atoms with Crippen LogP contribution in [0, 0.1) is 0 Å². The first-order chi connectivity index (χ1) is 10.1. The zero-order chi connectivity index (χ0) is 15.4. The number of hydrogen-bond acceptors (Lipinski definition) is 4. The van der Waals surface area contributed by atoms with Gasteiger partial charge in [0, 0.05) is 13.8 Å². The molecule has 0 aliphatic carbocycles. The largest absolute Gasteiger partial charge is 0.493 e. The average Bonchev–Trinajstić information content (AvgIpc) is 2.90. The lowest BCUT2D eigenvalue weighted by molar-refractivity contribution is 0.354. The summed E-state index contributed by atoms with van der Waals surface area (Å²) in [4.78, 5) is 1.24. The summed E-state index contributed by atoms with van der Waals surface area (Å²) in [5.74, 6) is 1.44. The molecule has 1 atom stereocenters. The van der Waals surface area contributed by atoms with Gasteiger partial charge in [0.2, 0.25) is 0 Å². The molecule has 0 bridgehead atoms. The molecule has 1 aromatic heterocycles. The maximum Gasteiger partial charge on any atom is 0.161 e. The van der Waals surface area contributed by atoms with Gasteiger partial charge in [-0.1, -0.05) is 22.9 Å². The molecule has 3 nitrogen and oxygen atoms in total. The number of benzene rings is 1. The van der Waals surface area contributed by atoms with Crippen LogP contribution in [0.3, 0.4) is 0 Å². The van der Waals surface area contributed by atoms with Crippen molar-refractivity contribution in [1.82, 2.24) is 5.32 Å². The van der Waals surface area contributed by atoms with Crippen LogP contribution in [-0.2, 0) is 0 Å². The second-order valence-electron chi connectivity index (χ2n) is 4.35. The van der Waals surface area contributed by atoms with Crippen LogP contribution in [0.5, 0.6) is 11.5 Å². The van der Waals surface area contributed by atoms with E-state index in [1.165, 1.54) is 4.88 Å². The fourth-order valence-electron chi connectivity index (χ4n) is 2.15. The molecule has 2 rings (SSSR count). The minimum atomic E-state index is 0.0959. The zero-order valence-electron chi connectivity index (χ0n) is 12.1. The molecule has 0 saturated carbocycles. The van der Waals surface area contributed by atoms with Gasteiger partial charge in [0.25, 0.3) is 0 Å². The summed E-state index contributed by atoms with van der Waals surface area (Å²) in [5, 5.41) is 5.61. The maximum atomic E-state index is 5.43. The Labute approximate surface area is 145 Å². The van der Waals surface area contributed by atoms with Crippen molar-refractivity contribution in [3.05, 3.63) is 43.0 Å². The molecule has 0 aliphatic rings. The van der Waals surface area contributed by atoms with Crippen molar-refractivity contribution in [2.75, 3.05) is 20.8 Å². The maximum absolute atomic E-state index is 5.43. The first-order valence-corrected chi connectivity index (χ1v) is 8.96. The third-order valence-corrected chi connectivity index (χ3v) is 5.75. The van der Waals surface area contributed by atoms with Crippen molar-refractivity contribution in [3.63, 3.8) is 0 Å². The first kappa shape index (κ1) is 16.8. The van der Waals surface area contributed by atoms with Crippen molar-refractivity contribution in [2.24, 2.45) is 0 Å². The molecule has 0 spiro atoms. The third-order valence-electron chi connectivity index (χ3n) is 3.13. The van der Waals surface area contributed by atoms with Crippen molar-refractivity contribution in [3.8, 4) is 11.5 Å². The van der Waals surface area contributed by atoms with Crippen molar-refractivity contribution in [2.45, 2.75) is 13.0 Å². The van der Waals surface area contributed by atoms with Gasteiger partial charge in [-0.3, -0.25) is 0 Å². The number of hydrogen-bond donors (Lipinski definition) is 1. The van der Waals surface area contributed by atoms with E-state index in [4.69, 9.17) is 9.47 Å². The lowest BCUT2D eigenvalue weighted by atomic mass is 10.0. The Morgan fingerprint density at radius 1 is 1.14 bits per heavy atom. The standard InChI is InChI=1S/C15H17Br2NO2S/c1-4-18-14(15-10(16)5-6-21-15)9-7-12(19-2)13(20-3)8-11(9)17/h5-8,14,18H,4H2,1-3H3. The molecule has 1 unspecified atom stereocenters. The van der Waals surface area contributed by atoms with Crippen LogP contribution in [0.1, 0.15) is 23.4 Å². The van der Waals surface area contributed by atoms with E-state index in [0.29, 0.717) is 5.75 Å². The predicted octanol–water partition coefficient (Wildman–Crippen LogP) is 4.99. The second kappa shape index (κ2) is 7.63. The minimum Gasteiger partial charge on any atom is -0.493 e. The monoisotopic (exact) mass is 433 g/mol. The van der Waals surface area contributed by atoms with E-state index in [1.54, 1.807) is 25.6 Å². The highest BCUT2D eigenvalue weighted by Crippen LogP contribution is 2.40. The summed E-state index contributed by atoms with van der Waals surface area (Å²) in [6, 6.07) is 6.13. The molecular formula is C15H17Br2NO2S. The average molecular weight is 435 g/mol. The Balaban J connectivity index is 2.53. The molecule has 6 heteroatoms. The van der Waals surface area contributed by atoms with Gasteiger partial charge in [0.1, 0.15) is 0 Å². The summed E-state index contributed by atoms with van der Waals surface area (Å²) in [6.07, 6.45) is 0. The SMILES string of the molecule is CCNC(c1cc(OC)c(OC)cc1Br)c1sccc1Br. The highest BCUT2D eigenvalue weighted by molar-refractivity contribution is 9.10. The van der Waals surface area contributed by atoms with Crippen LogP contribution in [0.4, 0.5) is 0 Å². The molecule has 114 valence electrons. The molecule has 0 aliphatic heterocycles. The predicted molar refractivity (Wildman–Crippen MR) is 94.8 cm³/mol. The van der Waals surface area contributed by atoms with Crippen molar-refractivity contribution in [1.29, 1.82) is 0 Å². The van der Waals surface area contributed by atoms with E-state index < -0.39 is 0 Å². The fraction of sp³-hybridized carbons (Fsp3) is 0.333. The van der Waals surface area contributed by atoms with Crippen LogP contribution >= 0.6 is 43.2 Å². The molecule has 1 heterocycles. The van der Waals surface area contributed by atoms with Gasteiger partial charge in [-0.15, -0.1) is 11.3 Å². The Kier molecular flexibility index (Phi) is 6.10. The Bertz CT molecular complexity index is 616. The molecule has 0 radical (unpaired) electrons. The fourth-order valence-corrected chi connectivity index (χ4v) is 4.40. The van der Waals surface area contributed by atoms with Crippen molar-refractivity contribution < 1.29 is 9.47 Å². The molecular weight excluding hydrogens is 418 g/mol. The minimum absolute atomic E-state index is 0.0959. The van der Waals surface area contributed by atoms with Crippen LogP contribution in [0.2, 0.25) is 0 Å². The number of rotatable bonds is 6. The van der Waals surface area contributed by atoms with E-state index in [-0.39, 0.29) is 6.04 Å². The van der Waals surface area contributed by atoms with E-state index in [1.807, 2.05) is 12.1 Å². The Morgan fingerprint density at radius 3 is 2.33 bits per heavy atom. The van der Waals surface area contributed by atoms with Gasteiger partial charge < -0.3 is 14.8 Å². The molecule has 1 aromatic carbocycles. The van der Waals surface area contributed by atoms with Gasteiger partial charge in [-0.05, 0) is 51.6 Å². The number of thiophene rings is 1. The highest BCUT2D eigenvalue weighted by Gasteiger charge is 2.22. The van der Waals surface area contributed by atoms with Gasteiger partial charge in [-0.2, -0.15) is 0 Å². The zero-order valence-corrected chi connectivity index (χ0v) is 16.1. The normalized spacial score (nSPS) is 12.2. The van der Waals surface area contributed by atoms with E-state index in [9.17, 15) is 0 Å². The van der Waals surface area contributed by atoms with Gasteiger partial charge in [0.15, 0.2) is 11.5 Å². The molecule has 0 fully saturated rings. The number of methoxy groups -OCH3 is 2. The van der Waals surface area contributed by atoms with Gasteiger partial charge >= 0.3 is 0 Å². The molecule has 21 heavy (non-hydrogen) atoms. The smallest absolute Gasteiger partial charge is 0.161 e. The van der Waals surface area contributed by atoms with Crippen LogP contribution in [0.25, 0.3) is 0 Å². The number of halogens is 2. The molecule has 0 amide bonds. The summed E-state index contributed by atoms with van der Waals surface area (Å²) in [6.45, 7) is 2.97. The van der Waals surface area contributed by atoms with Crippen LogP contribution in [-0.4, -0.2) is 20.8 Å². The van der Waals surface area contributed by atoms with Crippen LogP contribution in [0.15, 0.2) is 32.5 Å². The summed E-state index contributed by atoms with van der Waals surface area (Å²) in [5.41, 5.74) is 1.12. The quantitative estimate of drug-likeness (QED) is 0.694. The number of ether oxygens (including phenoxy) is 2. The lowest BCUT2D eigenvalue weighted by Gasteiger charge is -2.21. The summed E-state index contributed by atoms with van der Waals surface area (Å²) >= 11 is 8.99. The first-order valence-electron chi connectivity index (χ1n) is 6.50. The van der Waals surface area contributed by atoms with Crippen molar-refractivity contribution >= 4 is 43.2 Å². The molecule has 2 aromatic rings. The van der Waals surface area contributed by atoms with E-state index in [2.05, 4.69) is 55.5 Å². The van der Waals surface area contributed by atoms with E-state index in [0.717, 1.165) is 26.8 Å². The molecule has 1 N–H and O–H groups in total. The topological polar surface area (TPSA) is 30.5 Å². The highest BCUT2D eigenvalue weighted by atomic mass is 79.9. The summed E-state index contributed by atoms with van der Waals surface area (Å²) < 4.78 is 12.9. The Hall–Kier alpha value is -0.560. The van der Waals surface area contributed by atoms with Gasteiger partial charge in [-0.25, -0.2) is 0 Å². The Morgan fingerprint density at radius 2 is 1.81 bits per heavy atom. The molecule has 0 saturated heterocycles. The van der Waals surface area contributed by atoms with Gasteiger partial charge in [0.05, 0.1) is 20.3 Å².